The molecule has 1 aliphatic rings. The summed E-state index contributed by atoms with van der Waals surface area (Å²) in [6.07, 6.45) is 11.9. The lowest BCUT2D eigenvalue weighted by atomic mass is 10.1. The number of carbonyl (C=O) groups is 2. The van der Waals surface area contributed by atoms with Gasteiger partial charge in [0.15, 0.2) is 0 Å². The summed E-state index contributed by atoms with van der Waals surface area (Å²) in [6, 6.07) is 15.9. The number of benzene rings is 2. The Labute approximate surface area is 211 Å². The summed E-state index contributed by atoms with van der Waals surface area (Å²) >= 11 is 0. The molecular weight excluding hydrogens is 434 g/mol. The van der Waals surface area contributed by atoms with Crippen molar-refractivity contribution >= 4 is 23.2 Å². The second-order valence-corrected chi connectivity index (χ2v) is 9.77. The van der Waals surface area contributed by atoms with Crippen LogP contribution in [0.1, 0.15) is 87.1 Å². The average molecular weight is 478 g/mol. The zero-order valence-electron chi connectivity index (χ0n) is 21.7. The van der Waals surface area contributed by atoms with Crippen LogP contribution in [0.3, 0.4) is 0 Å². The molecule has 0 bridgehead atoms. The molecule has 0 unspecified atom stereocenters. The van der Waals surface area contributed by atoms with E-state index in [0.29, 0.717) is 19.5 Å². The van der Waals surface area contributed by atoms with Crippen molar-refractivity contribution in [1.29, 1.82) is 0 Å². The third kappa shape index (κ3) is 8.72. The highest BCUT2D eigenvalue weighted by Gasteiger charge is 2.23. The monoisotopic (exact) mass is 477 g/mol. The smallest absolute Gasteiger partial charge is 0.254 e. The molecule has 190 valence electrons. The first-order chi connectivity index (χ1) is 17.1. The normalized spacial score (nSPS) is 13.7. The van der Waals surface area contributed by atoms with E-state index in [0.717, 1.165) is 48.4 Å². The summed E-state index contributed by atoms with van der Waals surface area (Å²) in [6.45, 7) is 7.28. The first kappa shape index (κ1) is 26.8. The molecule has 0 saturated carbocycles. The molecule has 2 aromatic carbocycles. The zero-order valence-corrected chi connectivity index (χ0v) is 21.7. The van der Waals surface area contributed by atoms with Crippen LogP contribution in [0.25, 0.3) is 0 Å². The van der Waals surface area contributed by atoms with E-state index in [4.69, 9.17) is 0 Å². The van der Waals surface area contributed by atoms with Crippen molar-refractivity contribution in [2.24, 2.45) is 0 Å². The van der Waals surface area contributed by atoms with Crippen molar-refractivity contribution < 1.29 is 9.59 Å². The fourth-order valence-corrected chi connectivity index (χ4v) is 4.73. The topological polar surface area (TPSA) is 52.7 Å². The first-order valence-electron chi connectivity index (χ1n) is 13.6. The van der Waals surface area contributed by atoms with Crippen LogP contribution in [0.5, 0.6) is 0 Å². The summed E-state index contributed by atoms with van der Waals surface area (Å²) in [5.41, 5.74) is 3.80. The number of rotatable bonds is 13. The lowest BCUT2D eigenvalue weighted by molar-refractivity contribution is -0.116. The van der Waals surface area contributed by atoms with Gasteiger partial charge in [-0.2, -0.15) is 0 Å². The van der Waals surface area contributed by atoms with Gasteiger partial charge in [0.25, 0.3) is 5.91 Å². The van der Waals surface area contributed by atoms with Crippen LogP contribution in [0.15, 0.2) is 48.5 Å². The molecule has 2 amide bonds. The zero-order chi connectivity index (χ0) is 24.9. The third-order valence-electron chi connectivity index (χ3n) is 6.97. The van der Waals surface area contributed by atoms with Gasteiger partial charge >= 0.3 is 0 Å². The molecule has 0 spiro atoms. The van der Waals surface area contributed by atoms with Gasteiger partial charge in [-0.05, 0) is 49.2 Å². The minimum Gasteiger partial charge on any atom is -0.368 e. The molecule has 1 heterocycles. The molecule has 2 aromatic rings. The number of hydrogen-bond acceptors (Lipinski definition) is 3. The summed E-state index contributed by atoms with van der Waals surface area (Å²) in [7, 11) is 0. The Morgan fingerprint density at radius 2 is 1.37 bits per heavy atom. The van der Waals surface area contributed by atoms with Gasteiger partial charge in [0.2, 0.25) is 5.91 Å². The highest BCUT2D eigenvalue weighted by atomic mass is 16.2. The number of anilines is 2. The Hall–Kier alpha value is -2.82. The summed E-state index contributed by atoms with van der Waals surface area (Å²) in [4.78, 5) is 29.4. The van der Waals surface area contributed by atoms with E-state index < -0.39 is 0 Å². The van der Waals surface area contributed by atoms with Crippen molar-refractivity contribution in [3.63, 3.8) is 0 Å². The minimum atomic E-state index is 0.101. The Kier molecular flexibility index (Phi) is 11.1. The molecule has 35 heavy (non-hydrogen) atoms. The lowest BCUT2D eigenvalue weighted by Gasteiger charge is -2.36. The Morgan fingerprint density at radius 1 is 0.771 bits per heavy atom. The van der Waals surface area contributed by atoms with Crippen LogP contribution in [-0.4, -0.2) is 42.9 Å². The van der Waals surface area contributed by atoms with E-state index in [1.807, 2.05) is 48.2 Å². The highest BCUT2D eigenvalue weighted by molar-refractivity contribution is 5.95. The Bertz CT molecular complexity index is 917. The van der Waals surface area contributed by atoms with E-state index in [2.05, 4.69) is 29.3 Å². The van der Waals surface area contributed by atoms with Gasteiger partial charge in [-0.15, -0.1) is 0 Å². The predicted octanol–water partition coefficient (Wildman–Crippen LogP) is 6.82. The first-order valence-corrected chi connectivity index (χ1v) is 13.6. The van der Waals surface area contributed by atoms with E-state index >= 15 is 0 Å². The van der Waals surface area contributed by atoms with Crippen molar-refractivity contribution in [2.75, 3.05) is 36.4 Å². The van der Waals surface area contributed by atoms with Crippen LogP contribution in [0.4, 0.5) is 11.4 Å². The Morgan fingerprint density at radius 3 is 2.00 bits per heavy atom. The molecule has 5 heteroatoms. The molecule has 1 fully saturated rings. The molecule has 1 N–H and O–H groups in total. The summed E-state index contributed by atoms with van der Waals surface area (Å²) in [5.74, 6) is 0.219. The quantitative estimate of drug-likeness (QED) is 0.322. The molecule has 5 nitrogen and oxygen atoms in total. The molecule has 0 radical (unpaired) electrons. The second kappa shape index (κ2) is 14.6. The van der Waals surface area contributed by atoms with Gasteiger partial charge in [0.1, 0.15) is 0 Å². The van der Waals surface area contributed by atoms with Gasteiger partial charge in [-0.3, -0.25) is 9.59 Å². The van der Waals surface area contributed by atoms with Gasteiger partial charge in [0.05, 0.1) is 0 Å². The number of hydrogen-bond donors (Lipinski definition) is 1. The second-order valence-electron chi connectivity index (χ2n) is 9.77. The van der Waals surface area contributed by atoms with Crippen molar-refractivity contribution in [2.45, 2.75) is 78.1 Å². The van der Waals surface area contributed by atoms with Gasteiger partial charge < -0.3 is 15.1 Å². The average Bonchev–Trinajstić information content (AvgIpc) is 2.88. The Balaban J connectivity index is 1.34. The third-order valence-corrected chi connectivity index (χ3v) is 6.97. The van der Waals surface area contributed by atoms with Gasteiger partial charge in [-0.1, -0.05) is 76.5 Å². The summed E-state index contributed by atoms with van der Waals surface area (Å²) < 4.78 is 0. The number of aryl methyl sites for hydroxylation is 1. The van der Waals surface area contributed by atoms with Crippen LogP contribution in [0, 0.1) is 6.92 Å². The van der Waals surface area contributed by atoms with E-state index in [-0.39, 0.29) is 11.8 Å². The highest BCUT2D eigenvalue weighted by Crippen LogP contribution is 2.21. The van der Waals surface area contributed by atoms with E-state index in [1.165, 1.54) is 44.9 Å². The van der Waals surface area contributed by atoms with E-state index in [1.54, 1.807) is 0 Å². The molecule has 1 aliphatic heterocycles. The van der Waals surface area contributed by atoms with Crippen molar-refractivity contribution in [3.8, 4) is 0 Å². The van der Waals surface area contributed by atoms with Crippen molar-refractivity contribution in [1.82, 2.24) is 4.90 Å². The molecule has 1 saturated heterocycles. The predicted molar refractivity (Wildman–Crippen MR) is 146 cm³/mol. The fraction of sp³-hybridized carbons (Fsp3) is 0.533. The number of carbonyl (C=O) groups excluding carboxylic acids is 2. The standard InChI is InChI=1S/C30H43N3O2/c1-3-4-5-6-7-8-9-10-11-16-29(34)31-26-17-19-27(20-18-26)32-21-23-33(24-22-32)30(35)28-15-13-12-14-25(28)2/h12-15,17-20H,3-11,16,21-24H2,1-2H3,(H,31,34). The lowest BCUT2D eigenvalue weighted by Crippen LogP contribution is -2.48. The van der Waals surface area contributed by atoms with Crippen LogP contribution in [0.2, 0.25) is 0 Å². The van der Waals surface area contributed by atoms with Crippen LogP contribution >= 0.6 is 0 Å². The maximum atomic E-state index is 12.9. The molecule has 0 aromatic heterocycles. The van der Waals surface area contributed by atoms with Crippen LogP contribution in [-0.2, 0) is 4.79 Å². The number of piperazine rings is 1. The number of nitrogens with one attached hydrogen (secondary N) is 1. The molecule has 0 aliphatic carbocycles. The van der Waals surface area contributed by atoms with E-state index in [9.17, 15) is 9.59 Å². The van der Waals surface area contributed by atoms with Crippen molar-refractivity contribution in [3.05, 3.63) is 59.7 Å². The maximum absolute atomic E-state index is 12.9. The number of unbranched alkanes of at least 4 members (excludes halogenated alkanes) is 8. The van der Waals surface area contributed by atoms with Crippen LogP contribution < -0.4 is 10.2 Å². The number of nitrogens with zero attached hydrogens (tertiary/aromatic N) is 2. The van der Waals surface area contributed by atoms with Gasteiger partial charge in [-0.25, -0.2) is 0 Å². The molecular formula is C30H43N3O2. The number of amides is 2. The molecule has 3 rings (SSSR count). The largest absolute Gasteiger partial charge is 0.368 e. The maximum Gasteiger partial charge on any atom is 0.254 e. The fourth-order valence-electron chi connectivity index (χ4n) is 4.73. The SMILES string of the molecule is CCCCCCCCCCCC(=O)Nc1ccc(N2CCN(C(=O)c3ccccc3C)CC2)cc1. The minimum absolute atomic E-state index is 0.101. The van der Waals surface area contributed by atoms with Gasteiger partial charge in [0, 0.05) is 49.5 Å². The molecule has 0 atom stereocenters. The summed E-state index contributed by atoms with van der Waals surface area (Å²) in [5, 5.41) is 3.03.